The zero-order valence-electron chi connectivity index (χ0n) is 7.74. The quantitative estimate of drug-likeness (QED) is 0.406. The number of rotatable bonds is 9. The van der Waals surface area contributed by atoms with Gasteiger partial charge in [0.05, 0.1) is 6.61 Å². The second-order valence-electron chi connectivity index (χ2n) is 2.54. The summed E-state index contributed by atoms with van der Waals surface area (Å²) in [5.41, 5.74) is 2.52. The fourth-order valence-electron chi connectivity index (χ4n) is 0.754. The molecule has 0 bridgehead atoms. The van der Waals surface area contributed by atoms with Crippen LogP contribution in [0.25, 0.3) is 0 Å². The van der Waals surface area contributed by atoms with Gasteiger partial charge in [0.15, 0.2) is 0 Å². The highest BCUT2D eigenvalue weighted by atomic mass is 19.1. The van der Waals surface area contributed by atoms with Crippen LogP contribution in [0, 0.1) is 0 Å². The molecule has 0 rings (SSSR count). The van der Waals surface area contributed by atoms with Gasteiger partial charge < -0.3 is 10.2 Å². The minimum atomic E-state index is -0.381. The molecule has 4 heteroatoms. The van der Waals surface area contributed by atoms with Crippen LogP contribution in [0.15, 0.2) is 0 Å². The van der Waals surface area contributed by atoms with Gasteiger partial charge in [-0.15, -0.1) is 0 Å². The molecule has 0 atom stereocenters. The van der Waals surface area contributed by atoms with E-state index in [0.29, 0.717) is 6.61 Å². The van der Waals surface area contributed by atoms with Crippen molar-refractivity contribution in [2.75, 3.05) is 32.9 Å². The first-order valence-electron chi connectivity index (χ1n) is 4.53. The molecule has 0 aromatic rings. The maximum absolute atomic E-state index is 11.5. The molecule has 0 heterocycles. The lowest BCUT2D eigenvalue weighted by atomic mass is 10.4. The summed E-state index contributed by atoms with van der Waals surface area (Å²) < 4.78 is 11.5. The Kier molecular flexibility index (Phi) is 10.6. The fourth-order valence-corrected chi connectivity index (χ4v) is 0.754. The third-order valence-electron chi connectivity index (χ3n) is 1.33. The molecule has 74 valence electrons. The van der Waals surface area contributed by atoms with Crippen LogP contribution in [-0.4, -0.2) is 32.9 Å². The van der Waals surface area contributed by atoms with E-state index in [1.165, 1.54) is 0 Å². The maximum atomic E-state index is 11.5. The lowest BCUT2D eigenvalue weighted by Crippen LogP contribution is -2.21. The van der Waals surface area contributed by atoms with Gasteiger partial charge in [0.1, 0.15) is 6.67 Å². The lowest BCUT2D eigenvalue weighted by molar-refractivity contribution is 0.0368. The van der Waals surface area contributed by atoms with Gasteiger partial charge in [-0.2, -0.15) is 5.48 Å². The highest BCUT2D eigenvalue weighted by Crippen LogP contribution is 1.78. The molecular formula is C8H19FN2O. The molecule has 3 nitrogen and oxygen atoms in total. The van der Waals surface area contributed by atoms with Gasteiger partial charge in [-0.25, -0.2) is 4.39 Å². The van der Waals surface area contributed by atoms with E-state index in [2.05, 4.69) is 17.7 Å². The number of hydroxylamine groups is 1. The minimum Gasteiger partial charge on any atom is -0.317 e. The summed E-state index contributed by atoms with van der Waals surface area (Å²) in [7, 11) is 0. The van der Waals surface area contributed by atoms with Crippen LogP contribution in [0.2, 0.25) is 0 Å². The number of nitrogens with one attached hydrogen (secondary N) is 2. The van der Waals surface area contributed by atoms with Gasteiger partial charge in [0, 0.05) is 6.54 Å². The van der Waals surface area contributed by atoms with Crippen molar-refractivity contribution in [3.8, 4) is 0 Å². The highest BCUT2D eigenvalue weighted by Gasteiger charge is 1.88. The largest absolute Gasteiger partial charge is 0.317 e. The Bertz CT molecular complexity index is 73.5. The average Bonchev–Trinajstić information content (AvgIpc) is 2.10. The van der Waals surface area contributed by atoms with Gasteiger partial charge in [-0.3, -0.25) is 0 Å². The predicted molar refractivity (Wildman–Crippen MR) is 47.7 cm³/mol. The third-order valence-corrected chi connectivity index (χ3v) is 1.33. The third kappa shape index (κ3) is 9.81. The Labute approximate surface area is 73.6 Å². The van der Waals surface area contributed by atoms with Crippen molar-refractivity contribution >= 4 is 0 Å². The van der Waals surface area contributed by atoms with E-state index in [1.807, 2.05) is 0 Å². The summed E-state index contributed by atoms with van der Waals surface area (Å²) >= 11 is 0. The Morgan fingerprint density at radius 2 is 2.08 bits per heavy atom. The van der Waals surface area contributed by atoms with Crippen LogP contribution in [0.5, 0.6) is 0 Å². The summed E-state index contributed by atoms with van der Waals surface area (Å²) in [6.45, 7) is 4.68. The first-order valence-corrected chi connectivity index (χ1v) is 4.53. The van der Waals surface area contributed by atoms with Crippen LogP contribution in [0.4, 0.5) is 4.39 Å². The predicted octanol–water partition coefficient (Wildman–Crippen LogP) is 0.867. The van der Waals surface area contributed by atoms with Crippen LogP contribution in [-0.2, 0) is 4.84 Å². The van der Waals surface area contributed by atoms with Crippen molar-refractivity contribution in [1.29, 1.82) is 0 Å². The molecule has 0 aliphatic carbocycles. The average molecular weight is 178 g/mol. The smallest absolute Gasteiger partial charge is 0.104 e. The monoisotopic (exact) mass is 178 g/mol. The molecule has 0 aromatic heterocycles. The Morgan fingerprint density at radius 1 is 1.25 bits per heavy atom. The van der Waals surface area contributed by atoms with Gasteiger partial charge >= 0.3 is 0 Å². The first-order chi connectivity index (χ1) is 5.91. The van der Waals surface area contributed by atoms with Crippen LogP contribution >= 0.6 is 0 Å². The van der Waals surface area contributed by atoms with Crippen molar-refractivity contribution in [1.82, 2.24) is 10.8 Å². The molecule has 0 aliphatic heterocycles. The van der Waals surface area contributed by atoms with E-state index in [9.17, 15) is 4.39 Å². The lowest BCUT2D eigenvalue weighted by Gasteiger charge is -2.04. The summed E-state index contributed by atoms with van der Waals surface area (Å²) in [5, 5.41) is 3.24. The van der Waals surface area contributed by atoms with E-state index in [1.54, 1.807) is 0 Å². The summed E-state index contributed by atoms with van der Waals surface area (Å²) in [4.78, 5) is 4.92. The van der Waals surface area contributed by atoms with E-state index in [4.69, 9.17) is 4.84 Å². The van der Waals surface area contributed by atoms with Crippen molar-refractivity contribution in [3.63, 3.8) is 0 Å². The molecule has 2 N–H and O–H groups in total. The van der Waals surface area contributed by atoms with Crippen LogP contribution in [0.1, 0.15) is 19.8 Å². The van der Waals surface area contributed by atoms with E-state index in [-0.39, 0.29) is 13.2 Å². The van der Waals surface area contributed by atoms with Crippen LogP contribution < -0.4 is 10.8 Å². The van der Waals surface area contributed by atoms with E-state index in [0.717, 1.165) is 25.9 Å². The summed E-state index contributed by atoms with van der Waals surface area (Å²) in [6.07, 6.45) is 2.11. The molecule has 0 amide bonds. The SMILES string of the molecule is CCCNCCCONCCF. The molecule has 0 radical (unpaired) electrons. The fraction of sp³-hybridized carbons (Fsp3) is 1.00. The molecule has 0 unspecified atom stereocenters. The zero-order chi connectivity index (χ0) is 9.07. The second kappa shape index (κ2) is 10.8. The molecule has 0 saturated heterocycles. The number of halogens is 1. The first kappa shape index (κ1) is 11.8. The molecule has 0 spiro atoms. The molecule has 12 heavy (non-hydrogen) atoms. The van der Waals surface area contributed by atoms with Crippen molar-refractivity contribution in [2.45, 2.75) is 19.8 Å². The normalized spacial score (nSPS) is 10.5. The Morgan fingerprint density at radius 3 is 2.75 bits per heavy atom. The number of hydrogen-bond acceptors (Lipinski definition) is 3. The Balaban J connectivity index is 2.73. The topological polar surface area (TPSA) is 33.3 Å². The van der Waals surface area contributed by atoms with Crippen molar-refractivity contribution < 1.29 is 9.23 Å². The second-order valence-corrected chi connectivity index (χ2v) is 2.54. The number of alkyl halides is 1. The minimum absolute atomic E-state index is 0.280. The molecule has 0 aliphatic rings. The summed E-state index contributed by atoms with van der Waals surface area (Å²) in [6, 6.07) is 0. The Hall–Kier alpha value is -0.190. The van der Waals surface area contributed by atoms with Crippen molar-refractivity contribution in [2.24, 2.45) is 0 Å². The van der Waals surface area contributed by atoms with E-state index >= 15 is 0 Å². The standard InChI is InChI=1S/C8H19FN2O/c1-2-5-10-6-3-8-12-11-7-4-9/h10-11H,2-8H2,1H3. The molecule has 0 fully saturated rings. The number of hydrogen-bond donors (Lipinski definition) is 2. The van der Waals surface area contributed by atoms with Crippen LogP contribution in [0.3, 0.4) is 0 Å². The highest BCUT2D eigenvalue weighted by molar-refractivity contribution is 4.44. The van der Waals surface area contributed by atoms with Gasteiger partial charge in [0.25, 0.3) is 0 Å². The molecule has 0 saturated carbocycles. The van der Waals surface area contributed by atoms with Gasteiger partial charge in [-0.05, 0) is 25.9 Å². The van der Waals surface area contributed by atoms with E-state index < -0.39 is 0 Å². The maximum Gasteiger partial charge on any atom is 0.104 e. The molecular weight excluding hydrogens is 159 g/mol. The van der Waals surface area contributed by atoms with Gasteiger partial charge in [0.2, 0.25) is 0 Å². The zero-order valence-corrected chi connectivity index (χ0v) is 7.74. The molecule has 0 aromatic carbocycles. The van der Waals surface area contributed by atoms with Crippen molar-refractivity contribution in [3.05, 3.63) is 0 Å². The van der Waals surface area contributed by atoms with Gasteiger partial charge in [-0.1, -0.05) is 6.92 Å². The summed E-state index contributed by atoms with van der Waals surface area (Å²) in [5.74, 6) is 0.